The zero-order valence-corrected chi connectivity index (χ0v) is 15.0. The Hall–Kier alpha value is -1.33. The minimum atomic E-state index is -0.661. The fourth-order valence-electron chi connectivity index (χ4n) is 2.64. The van der Waals surface area contributed by atoms with Crippen LogP contribution < -0.4 is 0 Å². The molecule has 1 heterocycles. The van der Waals surface area contributed by atoms with Gasteiger partial charge >= 0.3 is 0 Å². The van der Waals surface area contributed by atoms with E-state index in [0.717, 1.165) is 25.8 Å². The van der Waals surface area contributed by atoms with E-state index in [1.807, 2.05) is 24.8 Å². The smallest absolute Gasteiger partial charge is 0.240 e. The highest BCUT2D eigenvalue weighted by molar-refractivity contribution is 7.82. The van der Waals surface area contributed by atoms with Gasteiger partial charge in [0.1, 0.15) is 0 Å². The molecule has 0 saturated carbocycles. The number of unbranched alkanes of at least 4 members (excludes halogenated alkanes) is 1. The van der Waals surface area contributed by atoms with Crippen LogP contribution in [0.4, 0.5) is 0 Å². The summed E-state index contributed by atoms with van der Waals surface area (Å²) in [7, 11) is 1.73. The molecule has 3 nitrogen and oxygen atoms in total. The fourth-order valence-corrected chi connectivity index (χ4v) is 3.23. The van der Waals surface area contributed by atoms with E-state index in [4.69, 9.17) is 24.4 Å². The molecule has 0 atom stereocenters. The third kappa shape index (κ3) is 3.36. The summed E-state index contributed by atoms with van der Waals surface area (Å²) in [5.74, 6) is -0.0250. The maximum Gasteiger partial charge on any atom is 0.240 e. The van der Waals surface area contributed by atoms with Crippen molar-refractivity contribution in [1.82, 2.24) is 9.80 Å². The van der Waals surface area contributed by atoms with Gasteiger partial charge in [-0.15, -0.1) is 0 Å². The second-order valence-electron chi connectivity index (χ2n) is 6.17. The van der Waals surface area contributed by atoms with Crippen molar-refractivity contribution < 1.29 is 4.79 Å². The molecule has 22 heavy (non-hydrogen) atoms. The van der Waals surface area contributed by atoms with Crippen LogP contribution in [-0.2, 0) is 11.2 Å². The van der Waals surface area contributed by atoms with Crippen molar-refractivity contribution in [1.29, 1.82) is 0 Å². The zero-order valence-electron chi connectivity index (χ0n) is 13.3. The summed E-state index contributed by atoms with van der Waals surface area (Å²) >= 11 is 10.9. The average molecular weight is 335 g/mol. The molecule has 1 aliphatic rings. The Balaban J connectivity index is 1.92. The van der Waals surface area contributed by atoms with Gasteiger partial charge in [-0.25, -0.2) is 0 Å². The SMILES string of the molecule is CN1C(=O)C(C)(C)C(=S)N(CCCCc2ccccc2)C1=S. The quantitative estimate of drug-likeness (QED) is 0.608. The van der Waals surface area contributed by atoms with E-state index >= 15 is 0 Å². The summed E-state index contributed by atoms with van der Waals surface area (Å²) in [5, 5.41) is 0.522. The maximum absolute atomic E-state index is 12.3. The summed E-state index contributed by atoms with van der Waals surface area (Å²) in [6.07, 6.45) is 3.11. The average Bonchev–Trinajstić information content (AvgIpc) is 2.52. The number of carbonyl (C=O) groups excluding carboxylic acids is 1. The molecule has 1 saturated heterocycles. The van der Waals surface area contributed by atoms with E-state index in [0.29, 0.717) is 10.1 Å². The van der Waals surface area contributed by atoms with Crippen molar-refractivity contribution >= 4 is 40.4 Å². The Morgan fingerprint density at radius 1 is 1.09 bits per heavy atom. The van der Waals surface area contributed by atoms with Crippen LogP contribution in [0.2, 0.25) is 0 Å². The first-order valence-corrected chi connectivity index (χ1v) is 8.35. The minimum Gasteiger partial charge on any atom is -0.312 e. The summed E-state index contributed by atoms with van der Waals surface area (Å²) in [6.45, 7) is 4.51. The summed E-state index contributed by atoms with van der Waals surface area (Å²) < 4.78 is 0. The number of benzene rings is 1. The van der Waals surface area contributed by atoms with Crippen LogP contribution in [0, 0.1) is 5.41 Å². The number of thiocarbonyl (C=S) groups is 2. The Morgan fingerprint density at radius 2 is 1.73 bits per heavy atom. The lowest BCUT2D eigenvalue weighted by Gasteiger charge is -2.43. The molecule has 0 aliphatic carbocycles. The molecule has 118 valence electrons. The molecule has 1 aromatic rings. The van der Waals surface area contributed by atoms with Gasteiger partial charge in [0.05, 0.1) is 10.4 Å². The van der Waals surface area contributed by atoms with Gasteiger partial charge in [0.2, 0.25) is 5.91 Å². The van der Waals surface area contributed by atoms with Gasteiger partial charge < -0.3 is 4.90 Å². The number of aryl methyl sites for hydroxylation is 1. The van der Waals surface area contributed by atoms with Crippen LogP contribution in [0.25, 0.3) is 0 Å². The highest BCUT2D eigenvalue weighted by Crippen LogP contribution is 2.29. The molecule has 1 amide bonds. The van der Waals surface area contributed by atoms with Crippen molar-refractivity contribution in [3.05, 3.63) is 35.9 Å². The lowest BCUT2D eigenvalue weighted by molar-refractivity contribution is -0.133. The molecule has 0 radical (unpaired) electrons. The topological polar surface area (TPSA) is 23.6 Å². The van der Waals surface area contributed by atoms with Crippen LogP contribution in [0.1, 0.15) is 32.3 Å². The molecule has 2 rings (SSSR count). The molecule has 0 unspecified atom stereocenters. The lowest BCUT2D eigenvalue weighted by atomic mass is 9.89. The molecule has 1 fully saturated rings. The summed E-state index contributed by atoms with van der Waals surface area (Å²) in [4.78, 5) is 16.4. The van der Waals surface area contributed by atoms with Crippen molar-refractivity contribution in [3.63, 3.8) is 0 Å². The minimum absolute atomic E-state index is 0.0250. The van der Waals surface area contributed by atoms with Gasteiger partial charge in [0.15, 0.2) is 5.11 Å². The number of carbonyl (C=O) groups is 1. The Labute approximate surface area is 143 Å². The van der Waals surface area contributed by atoms with Crippen LogP contribution >= 0.6 is 24.4 Å². The van der Waals surface area contributed by atoms with Crippen LogP contribution in [-0.4, -0.2) is 39.4 Å². The summed E-state index contributed by atoms with van der Waals surface area (Å²) in [6, 6.07) is 10.4. The maximum atomic E-state index is 12.3. The lowest BCUT2D eigenvalue weighted by Crippen LogP contribution is -2.61. The number of nitrogens with zero attached hydrogens (tertiary/aromatic N) is 2. The number of hydrogen-bond donors (Lipinski definition) is 0. The number of hydrogen-bond acceptors (Lipinski definition) is 3. The molecular weight excluding hydrogens is 312 g/mol. The highest BCUT2D eigenvalue weighted by atomic mass is 32.1. The molecule has 0 bridgehead atoms. The van der Waals surface area contributed by atoms with E-state index in [-0.39, 0.29) is 5.91 Å². The second-order valence-corrected chi connectivity index (χ2v) is 6.92. The molecule has 0 N–H and O–H groups in total. The van der Waals surface area contributed by atoms with E-state index < -0.39 is 5.41 Å². The van der Waals surface area contributed by atoms with Crippen LogP contribution in [0.15, 0.2) is 30.3 Å². The predicted molar refractivity (Wildman–Crippen MR) is 97.8 cm³/mol. The Bertz CT molecular complexity index is 584. The Kier molecular flexibility index (Phi) is 5.29. The van der Waals surface area contributed by atoms with Crippen molar-refractivity contribution in [2.75, 3.05) is 13.6 Å². The highest BCUT2D eigenvalue weighted by Gasteiger charge is 2.45. The fraction of sp³-hybridized carbons (Fsp3) is 0.471. The third-order valence-electron chi connectivity index (χ3n) is 4.08. The van der Waals surface area contributed by atoms with E-state index in [1.54, 1.807) is 11.9 Å². The molecule has 1 aliphatic heterocycles. The molecule has 0 spiro atoms. The van der Waals surface area contributed by atoms with Crippen molar-refractivity contribution in [2.45, 2.75) is 33.1 Å². The van der Waals surface area contributed by atoms with Gasteiger partial charge in [-0.3, -0.25) is 9.69 Å². The van der Waals surface area contributed by atoms with E-state index in [9.17, 15) is 4.79 Å². The zero-order chi connectivity index (χ0) is 16.3. The monoisotopic (exact) mass is 334 g/mol. The third-order valence-corrected chi connectivity index (χ3v) is 5.30. The number of rotatable bonds is 5. The number of amides is 1. The molecule has 0 aromatic heterocycles. The first kappa shape index (κ1) is 17.0. The van der Waals surface area contributed by atoms with Crippen molar-refractivity contribution in [3.8, 4) is 0 Å². The van der Waals surface area contributed by atoms with Gasteiger partial charge in [-0.05, 0) is 50.9 Å². The standard InChI is InChI=1S/C17H22N2OS2/c1-17(2)14(20)18(3)16(22)19(15(17)21)12-8-7-11-13-9-5-4-6-10-13/h4-6,9-10H,7-8,11-12H2,1-3H3. The first-order chi connectivity index (χ1) is 10.4. The van der Waals surface area contributed by atoms with Gasteiger partial charge in [0.25, 0.3) is 0 Å². The first-order valence-electron chi connectivity index (χ1n) is 7.53. The summed E-state index contributed by atoms with van der Waals surface area (Å²) in [5.41, 5.74) is 0.685. The molecule has 1 aromatic carbocycles. The Morgan fingerprint density at radius 3 is 2.36 bits per heavy atom. The van der Waals surface area contributed by atoms with Gasteiger partial charge in [-0.1, -0.05) is 42.5 Å². The van der Waals surface area contributed by atoms with Gasteiger partial charge in [0, 0.05) is 13.6 Å². The normalized spacial score (nSPS) is 18.0. The van der Waals surface area contributed by atoms with Gasteiger partial charge in [-0.2, -0.15) is 0 Å². The predicted octanol–water partition coefficient (Wildman–Crippen LogP) is 3.42. The van der Waals surface area contributed by atoms with Crippen molar-refractivity contribution in [2.24, 2.45) is 5.41 Å². The van der Waals surface area contributed by atoms with E-state index in [1.165, 1.54) is 5.56 Å². The molecule has 5 heteroatoms. The second kappa shape index (κ2) is 6.84. The largest absolute Gasteiger partial charge is 0.312 e. The molecular formula is C17H22N2OS2. The van der Waals surface area contributed by atoms with E-state index in [2.05, 4.69) is 24.3 Å². The van der Waals surface area contributed by atoms with Crippen LogP contribution in [0.3, 0.4) is 0 Å². The van der Waals surface area contributed by atoms with Crippen LogP contribution in [0.5, 0.6) is 0 Å².